The zero-order valence-electron chi connectivity index (χ0n) is 11.9. The summed E-state index contributed by atoms with van der Waals surface area (Å²) >= 11 is 0. The van der Waals surface area contributed by atoms with Gasteiger partial charge in [-0.2, -0.15) is 0 Å². The molecule has 0 aliphatic rings. The van der Waals surface area contributed by atoms with Crippen LogP contribution < -0.4 is 0 Å². The van der Waals surface area contributed by atoms with Crippen LogP contribution in [-0.2, 0) is 0 Å². The van der Waals surface area contributed by atoms with E-state index < -0.39 is 0 Å². The molecule has 0 nitrogen and oxygen atoms in total. The van der Waals surface area contributed by atoms with Crippen LogP contribution in [0.15, 0.2) is 0 Å². The Morgan fingerprint density at radius 3 is 1.93 bits per heavy atom. The van der Waals surface area contributed by atoms with Crippen LogP contribution in [0.25, 0.3) is 0 Å². The highest BCUT2D eigenvalue weighted by atomic mass is 14.2. The normalized spacial score (nSPS) is 14.6. The zero-order chi connectivity index (χ0) is 11.9. The standard InChI is InChI=1S/C15H32/c1-7-11-15(5,6)12-10-14(4)9-8-13(2)3/h13-14H,7-12H2,1-6H3. The molecule has 0 heteroatoms. The van der Waals surface area contributed by atoms with Gasteiger partial charge >= 0.3 is 0 Å². The van der Waals surface area contributed by atoms with Crippen molar-refractivity contribution in [2.24, 2.45) is 17.3 Å². The van der Waals surface area contributed by atoms with E-state index in [0.717, 1.165) is 11.8 Å². The Kier molecular flexibility index (Phi) is 7.30. The molecule has 0 fully saturated rings. The molecule has 0 aliphatic heterocycles. The second kappa shape index (κ2) is 7.30. The summed E-state index contributed by atoms with van der Waals surface area (Å²) in [6.45, 7) is 14.2. The van der Waals surface area contributed by atoms with Crippen LogP contribution in [-0.4, -0.2) is 0 Å². The van der Waals surface area contributed by atoms with Gasteiger partial charge in [-0.1, -0.05) is 67.2 Å². The van der Waals surface area contributed by atoms with Crippen molar-refractivity contribution in [1.29, 1.82) is 0 Å². The van der Waals surface area contributed by atoms with E-state index in [-0.39, 0.29) is 0 Å². The third-order valence-electron chi connectivity index (χ3n) is 3.48. The molecule has 0 heterocycles. The van der Waals surface area contributed by atoms with E-state index in [1.54, 1.807) is 0 Å². The quantitative estimate of drug-likeness (QED) is 0.486. The molecule has 0 aromatic heterocycles. The van der Waals surface area contributed by atoms with Crippen LogP contribution in [0.5, 0.6) is 0 Å². The molecule has 0 spiro atoms. The average molecular weight is 212 g/mol. The summed E-state index contributed by atoms with van der Waals surface area (Å²) < 4.78 is 0. The van der Waals surface area contributed by atoms with E-state index in [1.165, 1.54) is 38.5 Å². The van der Waals surface area contributed by atoms with Crippen molar-refractivity contribution in [3.05, 3.63) is 0 Å². The van der Waals surface area contributed by atoms with Crippen molar-refractivity contribution in [1.82, 2.24) is 0 Å². The first-order chi connectivity index (χ1) is 6.87. The van der Waals surface area contributed by atoms with Gasteiger partial charge in [0.25, 0.3) is 0 Å². The van der Waals surface area contributed by atoms with Gasteiger partial charge in [0, 0.05) is 0 Å². The van der Waals surface area contributed by atoms with E-state index in [0.29, 0.717) is 5.41 Å². The van der Waals surface area contributed by atoms with Crippen LogP contribution in [0.3, 0.4) is 0 Å². The summed E-state index contributed by atoms with van der Waals surface area (Å²) in [5, 5.41) is 0. The Labute approximate surface area is 97.8 Å². The second-order valence-corrected chi connectivity index (χ2v) is 6.53. The Morgan fingerprint density at radius 2 is 1.47 bits per heavy atom. The lowest BCUT2D eigenvalue weighted by molar-refractivity contribution is 0.266. The zero-order valence-corrected chi connectivity index (χ0v) is 11.9. The smallest absolute Gasteiger partial charge is 0.0354 e. The molecular weight excluding hydrogens is 180 g/mol. The van der Waals surface area contributed by atoms with Crippen molar-refractivity contribution in [2.45, 2.75) is 80.1 Å². The van der Waals surface area contributed by atoms with Gasteiger partial charge in [-0.05, 0) is 30.1 Å². The van der Waals surface area contributed by atoms with Crippen LogP contribution in [0.2, 0.25) is 0 Å². The lowest BCUT2D eigenvalue weighted by atomic mass is 9.80. The molecule has 0 bridgehead atoms. The lowest BCUT2D eigenvalue weighted by Gasteiger charge is -2.25. The van der Waals surface area contributed by atoms with E-state index in [2.05, 4.69) is 41.5 Å². The maximum Gasteiger partial charge on any atom is -0.0354 e. The van der Waals surface area contributed by atoms with E-state index in [4.69, 9.17) is 0 Å². The van der Waals surface area contributed by atoms with Crippen LogP contribution >= 0.6 is 0 Å². The van der Waals surface area contributed by atoms with E-state index in [9.17, 15) is 0 Å². The minimum absolute atomic E-state index is 0.570. The maximum absolute atomic E-state index is 2.42. The largest absolute Gasteiger partial charge is 0.0654 e. The molecule has 0 amide bonds. The third-order valence-corrected chi connectivity index (χ3v) is 3.48. The van der Waals surface area contributed by atoms with Crippen LogP contribution in [0.4, 0.5) is 0 Å². The second-order valence-electron chi connectivity index (χ2n) is 6.53. The van der Waals surface area contributed by atoms with Crippen molar-refractivity contribution in [3.8, 4) is 0 Å². The van der Waals surface area contributed by atoms with Gasteiger partial charge in [-0.25, -0.2) is 0 Å². The van der Waals surface area contributed by atoms with Crippen LogP contribution in [0.1, 0.15) is 80.1 Å². The van der Waals surface area contributed by atoms with Gasteiger partial charge in [0.05, 0.1) is 0 Å². The minimum atomic E-state index is 0.570. The first-order valence-corrected chi connectivity index (χ1v) is 6.87. The first kappa shape index (κ1) is 15.0. The molecule has 0 saturated heterocycles. The molecule has 15 heavy (non-hydrogen) atoms. The molecule has 1 atom stereocenters. The molecule has 0 aliphatic carbocycles. The third kappa shape index (κ3) is 8.96. The number of hydrogen-bond donors (Lipinski definition) is 0. The van der Waals surface area contributed by atoms with Gasteiger partial charge in [-0.15, -0.1) is 0 Å². The van der Waals surface area contributed by atoms with E-state index >= 15 is 0 Å². The van der Waals surface area contributed by atoms with Gasteiger partial charge in [-0.3, -0.25) is 0 Å². The summed E-state index contributed by atoms with van der Waals surface area (Å²) in [5.41, 5.74) is 0.570. The van der Waals surface area contributed by atoms with E-state index in [1.807, 2.05) is 0 Å². The molecule has 0 N–H and O–H groups in total. The Balaban J connectivity index is 3.65. The highest BCUT2D eigenvalue weighted by molar-refractivity contribution is 4.69. The fourth-order valence-electron chi connectivity index (χ4n) is 2.20. The van der Waals surface area contributed by atoms with Crippen molar-refractivity contribution in [3.63, 3.8) is 0 Å². The summed E-state index contributed by atoms with van der Waals surface area (Å²) in [6.07, 6.45) is 8.34. The van der Waals surface area contributed by atoms with Crippen LogP contribution in [0, 0.1) is 17.3 Å². The summed E-state index contributed by atoms with van der Waals surface area (Å²) in [4.78, 5) is 0. The average Bonchev–Trinajstić information content (AvgIpc) is 2.11. The maximum atomic E-state index is 2.42. The minimum Gasteiger partial charge on any atom is -0.0654 e. The molecule has 0 aromatic rings. The summed E-state index contributed by atoms with van der Waals surface area (Å²) in [5.74, 6) is 1.79. The van der Waals surface area contributed by atoms with Crippen molar-refractivity contribution >= 4 is 0 Å². The highest BCUT2D eigenvalue weighted by Crippen LogP contribution is 2.31. The Morgan fingerprint density at radius 1 is 0.867 bits per heavy atom. The molecule has 0 aromatic carbocycles. The molecule has 0 rings (SSSR count). The molecule has 0 saturated carbocycles. The van der Waals surface area contributed by atoms with Gasteiger partial charge in [0.2, 0.25) is 0 Å². The Bertz CT molecular complexity index is 144. The molecule has 1 unspecified atom stereocenters. The number of hydrogen-bond acceptors (Lipinski definition) is 0. The van der Waals surface area contributed by atoms with Crippen molar-refractivity contribution < 1.29 is 0 Å². The fourth-order valence-corrected chi connectivity index (χ4v) is 2.20. The highest BCUT2D eigenvalue weighted by Gasteiger charge is 2.17. The Hall–Kier alpha value is 0. The lowest BCUT2D eigenvalue weighted by Crippen LogP contribution is -2.12. The molecule has 0 radical (unpaired) electrons. The SMILES string of the molecule is CCCC(C)(C)CCC(C)CCC(C)C. The first-order valence-electron chi connectivity index (χ1n) is 6.87. The number of rotatable bonds is 8. The van der Waals surface area contributed by atoms with Crippen molar-refractivity contribution in [2.75, 3.05) is 0 Å². The van der Waals surface area contributed by atoms with Gasteiger partial charge in [0.15, 0.2) is 0 Å². The topological polar surface area (TPSA) is 0 Å². The fraction of sp³-hybridized carbons (Fsp3) is 1.00. The molecule has 92 valence electrons. The molecular formula is C15H32. The van der Waals surface area contributed by atoms with Gasteiger partial charge in [0.1, 0.15) is 0 Å². The summed E-state index contributed by atoms with van der Waals surface area (Å²) in [6, 6.07) is 0. The summed E-state index contributed by atoms with van der Waals surface area (Å²) in [7, 11) is 0. The monoisotopic (exact) mass is 212 g/mol. The predicted octanol–water partition coefficient (Wildman–Crippen LogP) is 5.67. The van der Waals surface area contributed by atoms with Gasteiger partial charge < -0.3 is 0 Å². The predicted molar refractivity (Wildman–Crippen MR) is 71.2 cm³/mol.